The van der Waals surface area contributed by atoms with Crippen LogP contribution < -0.4 is 0 Å². The topological polar surface area (TPSA) is 75.9 Å². The van der Waals surface area contributed by atoms with E-state index in [9.17, 15) is 9.59 Å². The van der Waals surface area contributed by atoms with Crippen LogP contribution in [0.25, 0.3) is 0 Å². The summed E-state index contributed by atoms with van der Waals surface area (Å²) >= 11 is 0. The minimum absolute atomic E-state index is 0.0552. The van der Waals surface area contributed by atoms with Crippen molar-refractivity contribution < 1.29 is 18.7 Å². The Bertz CT molecular complexity index is 1010. The van der Waals surface area contributed by atoms with E-state index in [0.717, 1.165) is 35.1 Å². The van der Waals surface area contributed by atoms with Gasteiger partial charge in [-0.05, 0) is 68.9 Å². The molecule has 2 fully saturated rings. The number of benzene rings is 1. The van der Waals surface area contributed by atoms with Crippen LogP contribution in [0.15, 0.2) is 29.0 Å². The number of carbonyl (C=O) groups excluding carboxylic acids is 2. The summed E-state index contributed by atoms with van der Waals surface area (Å²) in [5.41, 5.74) is 4.22. The van der Waals surface area contributed by atoms with Crippen molar-refractivity contribution in [3.05, 3.63) is 52.7 Å². The van der Waals surface area contributed by atoms with E-state index >= 15 is 0 Å². The molecular formula is C25H28N2O4. The molecule has 2 saturated heterocycles. The van der Waals surface area contributed by atoms with Crippen LogP contribution in [0, 0.1) is 25.7 Å². The zero-order valence-corrected chi connectivity index (χ0v) is 18.3. The molecule has 0 N–H and O–H groups in total. The SMILES string of the molecule is CC#Cc1cc(C)c(C2C(=O)CCCN(C(=O)c3ncco3)CCCC3OC32)c(C)c1. The van der Waals surface area contributed by atoms with Crippen molar-refractivity contribution in [2.75, 3.05) is 13.1 Å². The lowest BCUT2D eigenvalue weighted by Gasteiger charge is -2.22. The van der Waals surface area contributed by atoms with E-state index in [4.69, 9.17) is 9.15 Å². The third-order valence-corrected chi connectivity index (χ3v) is 6.14. The van der Waals surface area contributed by atoms with Crippen LogP contribution in [0.3, 0.4) is 0 Å². The van der Waals surface area contributed by atoms with Gasteiger partial charge in [-0.3, -0.25) is 9.59 Å². The number of fused-ring (bicyclic) bond motifs is 1. The highest BCUT2D eigenvalue weighted by molar-refractivity contribution is 5.90. The summed E-state index contributed by atoms with van der Waals surface area (Å²) in [6.45, 7) is 7.05. The van der Waals surface area contributed by atoms with E-state index in [1.165, 1.54) is 12.5 Å². The van der Waals surface area contributed by atoms with Gasteiger partial charge in [-0.15, -0.1) is 5.92 Å². The number of aryl methyl sites for hydroxylation is 2. The predicted octanol–water partition coefficient (Wildman–Crippen LogP) is 3.80. The molecule has 3 unspecified atom stereocenters. The monoisotopic (exact) mass is 420 g/mol. The minimum atomic E-state index is -0.261. The summed E-state index contributed by atoms with van der Waals surface area (Å²) in [5, 5.41) is 0. The molecule has 2 aromatic rings. The van der Waals surface area contributed by atoms with Gasteiger partial charge in [0.05, 0.1) is 24.3 Å². The molecule has 31 heavy (non-hydrogen) atoms. The molecule has 4 rings (SSSR count). The van der Waals surface area contributed by atoms with E-state index in [-0.39, 0.29) is 35.7 Å². The highest BCUT2D eigenvalue weighted by Gasteiger charge is 2.48. The van der Waals surface area contributed by atoms with E-state index in [2.05, 4.69) is 42.8 Å². The number of ketones is 1. The fourth-order valence-electron chi connectivity index (χ4n) is 4.73. The van der Waals surface area contributed by atoms with Gasteiger partial charge in [-0.25, -0.2) is 4.98 Å². The Balaban J connectivity index is 1.56. The summed E-state index contributed by atoms with van der Waals surface area (Å²) in [5.74, 6) is 5.85. The average molecular weight is 421 g/mol. The number of epoxide rings is 1. The van der Waals surface area contributed by atoms with Gasteiger partial charge in [0.2, 0.25) is 0 Å². The Kier molecular flexibility index (Phi) is 6.24. The summed E-state index contributed by atoms with van der Waals surface area (Å²) in [7, 11) is 0. The van der Waals surface area contributed by atoms with Gasteiger partial charge in [0, 0.05) is 25.1 Å². The summed E-state index contributed by atoms with van der Waals surface area (Å²) in [6.07, 6.45) is 5.50. The fraction of sp³-hybridized carbons (Fsp3) is 0.480. The van der Waals surface area contributed by atoms with Crippen molar-refractivity contribution in [3.8, 4) is 11.8 Å². The van der Waals surface area contributed by atoms with Crippen LogP contribution in [-0.4, -0.2) is 46.9 Å². The number of carbonyl (C=O) groups is 2. The van der Waals surface area contributed by atoms with Crippen LogP contribution in [0.2, 0.25) is 0 Å². The average Bonchev–Trinajstić information content (AvgIpc) is 3.26. The predicted molar refractivity (Wildman–Crippen MR) is 116 cm³/mol. The van der Waals surface area contributed by atoms with E-state index in [1.54, 1.807) is 4.90 Å². The molecule has 1 aromatic heterocycles. The van der Waals surface area contributed by atoms with Gasteiger partial charge in [0.1, 0.15) is 12.0 Å². The van der Waals surface area contributed by atoms with Gasteiger partial charge in [-0.1, -0.05) is 5.92 Å². The Labute approximate surface area is 183 Å². The first-order valence-corrected chi connectivity index (χ1v) is 10.9. The van der Waals surface area contributed by atoms with Crippen molar-refractivity contribution in [2.45, 2.75) is 64.6 Å². The van der Waals surface area contributed by atoms with E-state index in [0.29, 0.717) is 25.9 Å². The van der Waals surface area contributed by atoms with Crippen molar-refractivity contribution in [1.29, 1.82) is 0 Å². The number of aromatic nitrogens is 1. The molecule has 0 aliphatic carbocycles. The van der Waals surface area contributed by atoms with Crippen LogP contribution in [-0.2, 0) is 9.53 Å². The molecule has 162 valence electrons. The summed E-state index contributed by atoms with van der Waals surface area (Å²) in [4.78, 5) is 31.8. The summed E-state index contributed by atoms with van der Waals surface area (Å²) < 4.78 is 11.2. The van der Waals surface area contributed by atoms with Crippen molar-refractivity contribution in [2.24, 2.45) is 0 Å². The molecule has 2 aliphatic heterocycles. The lowest BCUT2D eigenvalue weighted by atomic mass is 9.82. The molecule has 1 aromatic carbocycles. The highest BCUT2D eigenvalue weighted by Crippen LogP contribution is 2.42. The highest BCUT2D eigenvalue weighted by atomic mass is 16.6. The molecular weight excluding hydrogens is 392 g/mol. The maximum Gasteiger partial charge on any atom is 0.309 e. The van der Waals surface area contributed by atoms with Crippen molar-refractivity contribution in [1.82, 2.24) is 9.88 Å². The lowest BCUT2D eigenvalue weighted by Crippen LogP contribution is -2.33. The molecule has 0 saturated carbocycles. The van der Waals surface area contributed by atoms with Gasteiger partial charge < -0.3 is 14.1 Å². The van der Waals surface area contributed by atoms with E-state index in [1.807, 2.05) is 6.92 Å². The van der Waals surface area contributed by atoms with Crippen molar-refractivity contribution >= 4 is 11.7 Å². The number of ether oxygens (including phenoxy) is 1. The van der Waals surface area contributed by atoms with Gasteiger partial charge >= 0.3 is 5.91 Å². The molecule has 1 amide bonds. The number of amides is 1. The van der Waals surface area contributed by atoms with Gasteiger partial charge in [0.25, 0.3) is 5.89 Å². The van der Waals surface area contributed by atoms with E-state index < -0.39 is 0 Å². The number of hydrogen-bond donors (Lipinski definition) is 0. The fourth-order valence-corrected chi connectivity index (χ4v) is 4.73. The Morgan fingerprint density at radius 1 is 1.19 bits per heavy atom. The quantitative estimate of drug-likeness (QED) is 0.546. The number of hydrogen-bond acceptors (Lipinski definition) is 5. The molecule has 2 aliphatic rings. The zero-order valence-electron chi connectivity index (χ0n) is 18.3. The first-order valence-electron chi connectivity index (χ1n) is 10.9. The van der Waals surface area contributed by atoms with Gasteiger partial charge in [0.15, 0.2) is 0 Å². The number of oxazole rings is 1. The van der Waals surface area contributed by atoms with Crippen LogP contribution >= 0.6 is 0 Å². The first-order chi connectivity index (χ1) is 15.0. The molecule has 0 bridgehead atoms. The molecule has 0 spiro atoms. The molecule has 3 atom stereocenters. The Morgan fingerprint density at radius 3 is 2.61 bits per heavy atom. The zero-order chi connectivity index (χ0) is 22.0. The molecule has 6 nitrogen and oxygen atoms in total. The van der Waals surface area contributed by atoms with Crippen LogP contribution in [0.4, 0.5) is 0 Å². The second-order valence-electron chi connectivity index (χ2n) is 8.36. The van der Waals surface area contributed by atoms with Crippen molar-refractivity contribution in [3.63, 3.8) is 0 Å². The maximum absolute atomic E-state index is 13.4. The maximum atomic E-state index is 13.4. The number of rotatable bonds is 2. The Morgan fingerprint density at radius 2 is 1.94 bits per heavy atom. The summed E-state index contributed by atoms with van der Waals surface area (Å²) in [6, 6.07) is 4.12. The molecule has 0 radical (unpaired) electrons. The smallest absolute Gasteiger partial charge is 0.309 e. The number of Topliss-reactive ketones (excluding diaryl/α,β-unsaturated/α-hetero) is 1. The number of nitrogens with zero attached hydrogens (tertiary/aromatic N) is 2. The third-order valence-electron chi connectivity index (χ3n) is 6.14. The second kappa shape index (κ2) is 9.07. The largest absolute Gasteiger partial charge is 0.441 e. The molecule has 3 heterocycles. The standard InChI is InChI=1S/C25H28N2O4/c1-4-7-18-14-16(2)21(17(3)15-18)22-19(28)8-5-11-27(12-6-9-20-23(22)31-20)25(29)24-26-10-13-30-24/h10,13-15,20,22-23H,5-6,8-9,11-12H2,1-3H3. The van der Waals surface area contributed by atoms with Crippen LogP contribution in [0.1, 0.15) is 71.5 Å². The first kappa shape index (κ1) is 21.3. The van der Waals surface area contributed by atoms with Crippen LogP contribution in [0.5, 0.6) is 0 Å². The lowest BCUT2D eigenvalue weighted by molar-refractivity contribution is -0.121. The Hall–Kier alpha value is -2.91. The normalized spacial score (nSPS) is 23.9. The molecule has 6 heteroatoms. The minimum Gasteiger partial charge on any atom is -0.441 e. The van der Waals surface area contributed by atoms with Gasteiger partial charge in [-0.2, -0.15) is 0 Å². The second-order valence-corrected chi connectivity index (χ2v) is 8.36. The third kappa shape index (κ3) is 4.57.